The van der Waals surface area contributed by atoms with Crippen LogP contribution in [0.2, 0.25) is 0 Å². The van der Waals surface area contributed by atoms with Gasteiger partial charge in [-0.15, -0.1) is 0 Å². The van der Waals surface area contributed by atoms with Gasteiger partial charge >= 0.3 is 0 Å². The second-order valence-electron chi connectivity index (χ2n) is 4.76. The van der Waals surface area contributed by atoms with Gasteiger partial charge < -0.3 is 15.0 Å². The van der Waals surface area contributed by atoms with Crippen LogP contribution in [0.25, 0.3) is 11.0 Å². The maximum atomic E-state index is 10.9. The first-order valence-corrected chi connectivity index (χ1v) is 6.08. The van der Waals surface area contributed by atoms with Gasteiger partial charge in [0.25, 0.3) is 0 Å². The van der Waals surface area contributed by atoms with Crippen LogP contribution in [0.15, 0.2) is 24.5 Å². The van der Waals surface area contributed by atoms with Gasteiger partial charge in [-0.2, -0.15) is 0 Å². The lowest BCUT2D eigenvalue weighted by atomic mass is 10.0. The Bertz CT molecular complexity index is 566. The van der Waals surface area contributed by atoms with Gasteiger partial charge in [0.1, 0.15) is 5.65 Å². The zero-order chi connectivity index (χ0) is 12.5. The molecule has 1 fully saturated rings. The van der Waals surface area contributed by atoms with Crippen molar-refractivity contribution >= 4 is 17.4 Å². The fraction of sp³-hybridized carbons (Fsp3) is 0.385. The standard InChI is InChI=1S/C13H15N3O2/c17-8-16-7-11(18)5-10(16)4-9-6-15-13-12(9)2-1-3-14-13/h1-3,6,8,10-11,18H,4-5,7H2,(H,14,15). The molecule has 3 heterocycles. The predicted molar refractivity (Wildman–Crippen MR) is 67.0 cm³/mol. The van der Waals surface area contributed by atoms with Crippen LogP contribution >= 0.6 is 0 Å². The highest BCUT2D eigenvalue weighted by atomic mass is 16.3. The van der Waals surface area contributed by atoms with Gasteiger partial charge in [-0.1, -0.05) is 0 Å². The van der Waals surface area contributed by atoms with E-state index in [1.807, 2.05) is 18.3 Å². The van der Waals surface area contributed by atoms with Crippen molar-refractivity contribution in [2.75, 3.05) is 6.54 Å². The number of hydrogen-bond acceptors (Lipinski definition) is 3. The monoisotopic (exact) mass is 245 g/mol. The summed E-state index contributed by atoms with van der Waals surface area (Å²) >= 11 is 0. The Labute approximate surface area is 104 Å². The third-order valence-electron chi connectivity index (χ3n) is 3.56. The van der Waals surface area contributed by atoms with E-state index in [4.69, 9.17) is 0 Å². The van der Waals surface area contributed by atoms with Crippen molar-refractivity contribution in [3.63, 3.8) is 0 Å². The fourth-order valence-electron chi connectivity index (χ4n) is 2.68. The van der Waals surface area contributed by atoms with Crippen LogP contribution < -0.4 is 0 Å². The highest BCUT2D eigenvalue weighted by Crippen LogP contribution is 2.24. The van der Waals surface area contributed by atoms with E-state index in [1.165, 1.54) is 0 Å². The molecule has 5 heteroatoms. The van der Waals surface area contributed by atoms with Crippen LogP contribution in [0.3, 0.4) is 0 Å². The molecule has 0 aromatic carbocycles. The van der Waals surface area contributed by atoms with Crippen LogP contribution in [-0.2, 0) is 11.2 Å². The van der Waals surface area contributed by atoms with Crippen LogP contribution in [0.4, 0.5) is 0 Å². The molecule has 2 atom stereocenters. The Morgan fingerprint density at radius 2 is 2.50 bits per heavy atom. The molecule has 5 nitrogen and oxygen atoms in total. The molecule has 0 radical (unpaired) electrons. The van der Waals surface area contributed by atoms with Crippen molar-refractivity contribution in [1.29, 1.82) is 0 Å². The molecule has 0 aliphatic carbocycles. The number of carbonyl (C=O) groups excluding carboxylic acids is 1. The number of fused-ring (bicyclic) bond motifs is 1. The van der Waals surface area contributed by atoms with E-state index in [0.717, 1.165) is 29.4 Å². The van der Waals surface area contributed by atoms with Crippen LogP contribution in [0.1, 0.15) is 12.0 Å². The summed E-state index contributed by atoms with van der Waals surface area (Å²) in [6.07, 6.45) is 5.51. The first-order valence-electron chi connectivity index (χ1n) is 6.08. The Morgan fingerprint density at radius 3 is 3.33 bits per heavy atom. The van der Waals surface area contributed by atoms with Gasteiger partial charge in [0.05, 0.1) is 6.10 Å². The summed E-state index contributed by atoms with van der Waals surface area (Å²) in [6.45, 7) is 0.439. The second-order valence-corrected chi connectivity index (χ2v) is 4.76. The SMILES string of the molecule is O=CN1CC(O)CC1Cc1c[nH]c2ncccc12. The molecule has 2 aromatic heterocycles. The molecule has 0 spiro atoms. The first-order chi connectivity index (χ1) is 8.78. The molecule has 0 bridgehead atoms. The lowest BCUT2D eigenvalue weighted by Crippen LogP contribution is -2.29. The summed E-state index contributed by atoms with van der Waals surface area (Å²) in [5.41, 5.74) is 2.01. The highest BCUT2D eigenvalue weighted by Gasteiger charge is 2.30. The normalized spacial score (nSPS) is 23.7. The summed E-state index contributed by atoms with van der Waals surface area (Å²) < 4.78 is 0. The van der Waals surface area contributed by atoms with Gasteiger partial charge in [-0.05, 0) is 30.5 Å². The summed E-state index contributed by atoms with van der Waals surface area (Å²) in [7, 11) is 0. The summed E-state index contributed by atoms with van der Waals surface area (Å²) in [4.78, 5) is 20.0. The van der Waals surface area contributed by atoms with E-state index in [9.17, 15) is 9.90 Å². The lowest BCUT2D eigenvalue weighted by molar-refractivity contribution is -0.119. The van der Waals surface area contributed by atoms with E-state index in [-0.39, 0.29) is 6.04 Å². The highest BCUT2D eigenvalue weighted by molar-refractivity contribution is 5.79. The molecular weight excluding hydrogens is 230 g/mol. The quantitative estimate of drug-likeness (QED) is 0.782. The molecule has 1 amide bonds. The predicted octanol–water partition coefficient (Wildman–Crippen LogP) is 0.697. The number of carbonyl (C=O) groups is 1. The van der Waals surface area contributed by atoms with Crippen molar-refractivity contribution < 1.29 is 9.90 Å². The number of aliphatic hydroxyl groups is 1. The van der Waals surface area contributed by atoms with Crippen molar-refractivity contribution in [3.05, 3.63) is 30.1 Å². The number of nitrogens with one attached hydrogen (secondary N) is 1. The maximum Gasteiger partial charge on any atom is 0.210 e. The Hall–Kier alpha value is -1.88. The molecule has 2 aromatic rings. The van der Waals surface area contributed by atoms with E-state index >= 15 is 0 Å². The third kappa shape index (κ3) is 1.86. The van der Waals surface area contributed by atoms with Gasteiger partial charge in [-0.3, -0.25) is 4.79 Å². The number of aromatic nitrogens is 2. The molecule has 1 aliphatic rings. The van der Waals surface area contributed by atoms with Crippen molar-refractivity contribution in [3.8, 4) is 0 Å². The Balaban J connectivity index is 1.86. The number of rotatable bonds is 3. The second kappa shape index (κ2) is 4.42. The van der Waals surface area contributed by atoms with Crippen molar-refractivity contribution in [1.82, 2.24) is 14.9 Å². The largest absolute Gasteiger partial charge is 0.391 e. The topological polar surface area (TPSA) is 69.2 Å². The van der Waals surface area contributed by atoms with Crippen molar-refractivity contribution in [2.24, 2.45) is 0 Å². The van der Waals surface area contributed by atoms with E-state index < -0.39 is 6.10 Å². The maximum absolute atomic E-state index is 10.9. The van der Waals surface area contributed by atoms with Crippen LogP contribution in [0.5, 0.6) is 0 Å². The van der Waals surface area contributed by atoms with Gasteiger partial charge in [0.15, 0.2) is 0 Å². The third-order valence-corrected chi connectivity index (χ3v) is 3.56. The molecule has 1 aliphatic heterocycles. The molecule has 18 heavy (non-hydrogen) atoms. The number of nitrogens with zero attached hydrogens (tertiary/aromatic N) is 2. The minimum Gasteiger partial charge on any atom is -0.391 e. The number of hydrogen-bond donors (Lipinski definition) is 2. The fourth-order valence-corrected chi connectivity index (χ4v) is 2.68. The first kappa shape index (κ1) is 11.2. The van der Waals surface area contributed by atoms with Gasteiger partial charge in [-0.25, -0.2) is 4.98 Å². The number of aliphatic hydroxyl groups excluding tert-OH is 1. The van der Waals surface area contributed by atoms with Gasteiger partial charge in [0, 0.05) is 30.4 Å². The zero-order valence-electron chi connectivity index (χ0n) is 9.91. The Kier molecular flexibility index (Phi) is 2.76. The lowest BCUT2D eigenvalue weighted by Gasteiger charge is -2.18. The molecular formula is C13H15N3O2. The number of H-pyrrole nitrogens is 1. The minimum absolute atomic E-state index is 0.0803. The number of pyridine rings is 1. The summed E-state index contributed by atoms with van der Waals surface area (Å²) in [5, 5.41) is 10.7. The number of likely N-dealkylation sites (tertiary alicyclic amines) is 1. The van der Waals surface area contributed by atoms with E-state index in [2.05, 4.69) is 9.97 Å². The Morgan fingerprint density at radius 1 is 1.61 bits per heavy atom. The molecule has 94 valence electrons. The molecule has 2 N–H and O–H groups in total. The van der Waals surface area contributed by atoms with Crippen LogP contribution in [0, 0.1) is 0 Å². The molecule has 0 saturated carbocycles. The molecule has 2 unspecified atom stereocenters. The van der Waals surface area contributed by atoms with E-state index in [0.29, 0.717) is 13.0 Å². The summed E-state index contributed by atoms with van der Waals surface area (Å²) in [6, 6.07) is 4.00. The minimum atomic E-state index is -0.400. The molecule has 1 saturated heterocycles. The number of β-amino-alcohol motifs (C(OH)–C–C–N with tert-alkyl or cyclic N) is 1. The van der Waals surface area contributed by atoms with Gasteiger partial charge in [0.2, 0.25) is 6.41 Å². The number of amides is 1. The summed E-state index contributed by atoms with van der Waals surface area (Å²) in [5.74, 6) is 0. The van der Waals surface area contributed by atoms with E-state index in [1.54, 1.807) is 11.1 Å². The zero-order valence-corrected chi connectivity index (χ0v) is 9.91. The van der Waals surface area contributed by atoms with Crippen molar-refractivity contribution in [2.45, 2.75) is 25.0 Å². The van der Waals surface area contributed by atoms with Crippen LogP contribution in [-0.4, -0.2) is 45.1 Å². The average Bonchev–Trinajstić information content (AvgIpc) is 2.94. The smallest absolute Gasteiger partial charge is 0.210 e. The average molecular weight is 245 g/mol. The number of aromatic amines is 1. The molecule has 3 rings (SSSR count).